The second-order valence-electron chi connectivity index (χ2n) is 4.90. The maximum absolute atomic E-state index is 11.9. The Morgan fingerprint density at radius 2 is 2.42 bits per heavy atom. The standard InChI is InChI=1S/C12H18N4O3/c1-8(9-3-2-4-13-6-9)15-12(17)11-5-10(7-14-11)16(18)19/h5,7-9,13-14H,2-4,6H2,1H3,(H,15,17). The highest BCUT2D eigenvalue weighted by Gasteiger charge is 2.23. The maximum atomic E-state index is 11.9. The molecule has 2 atom stereocenters. The van der Waals surface area contributed by atoms with Gasteiger partial charge in [-0.3, -0.25) is 14.9 Å². The number of hydrogen-bond acceptors (Lipinski definition) is 4. The van der Waals surface area contributed by atoms with Crippen LogP contribution in [0.5, 0.6) is 0 Å². The lowest BCUT2D eigenvalue weighted by Crippen LogP contribution is -2.44. The molecule has 0 bridgehead atoms. The van der Waals surface area contributed by atoms with Crippen LogP contribution in [0.4, 0.5) is 5.69 Å². The number of piperidine rings is 1. The molecule has 1 fully saturated rings. The smallest absolute Gasteiger partial charge is 0.287 e. The summed E-state index contributed by atoms with van der Waals surface area (Å²) in [5, 5.41) is 16.7. The highest BCUT2D eigenvalue weighted by molar-refractivity contribution is 5.93. The van der Waals surface area contributed by atoms with Crippen LogP contribution in [0.15, 0.2) is 12.3 Å². The molecular formula is C12H18N4O3. The van der Waals surface area contributed by atoms with Gasteiger partial charge >= 0.3 is 0 Å². The lowest BCUT2D eigenvalue weighted by atomic mass is 9.93. The van der Waals surface area contributed by atoms with Gasteiger partial charge in [-0.2, -0.15) is 0 Å². The quantitative estimate of drug-likeness (QED) is 0.560. The predicted octanol–water partition coefficient (Wildman–Crippen LogP) is 1.04. The first kappa shape index (κ1) is 13.5. The Morgan fingerprint density at radius 3 is 3.00 bits per heavy atom. The molecule has 1 amide bonds. The molecule has 0 spiro atoms. The summed E-state index contributed by atoms with van der Waals surface area (Å²) < 4.78 is 0. The van der Waals surface area contributed by atoms with Crippen molar-refractivity contribution in [2.45, 2.75) is 25.8 Å². The van der Waals surface area contributed by atoms with Crippen molar-refractivity contribution < 1.29 is 9.72 Å². The molecule has 19 heavy (non-hydrogen) atoms. The van der Waals surface area contributed by atoms with Crippen molar-refractivity contribution in [2.75, 3.05) is 13.1 Å². The van der Waals surface area contributed by atoms with E-state index in [2.05, 4.69) is 15.6 Å². The molecule has 1 aliphatic heterocycles. The molecule has 2 heterocycles. The number of nitrogens with one attached hydrogen (secondary N) is 3. The molecule has 0 saturated carbocycles. The van der Waals surface area contributed by atoms with Crippen LogP contribution in [0.1, 0.15) is 30.3 Å². The first-order valence-corrected chi connectivity index (χ1v) is 6.42. The summed E-state index contributed by atoms with van der Waals surface area (Å²) in [5.74, 6) is 0.105. The number of H-pyrrole nitrogens is 1. The predicted molar refractivity (Wildman–Crippen MR) is 70.0 cm³/mol. The summed E-state index contributed by atoms with van der Waals surface area (Å²) >= 11 is 0. The zero-order chi connectivity index (χ0) is 13.8. The van der Waals surface area contributed by atoms with Gasteiger partial charge in [0.2, 0.25) is 0 Å². The molecule has 1 aromatic heterocycles. The molecular weight excluding hydrogens is 248 g/mol. The Kier molecular flexibility index (Phi) is 4.16. The molecule has 7 heteroatoms. The highest BCUT2D eigenvalue weighted by Crippen LogP contribution is 2.16. The largest absolute Gasteiger partial charge is 0.351 e. The summed E-state index contributed by atoms with van der Waals surface area (Å²) in [5.41, 5.74) is 0.124. The fourth-order valence-corrected chi connectivity index (χ4v) is 2.33. The van der Waals surface area contributed by atoms with E-state index in [4.69, 9.17) is 0 Å². The molecule has 104 valence electrons. The van der Waals surface area contributed by atoms with E-state index in [9.17, 15) is 14.9 Å². The fourth-order valence-electron chi connectivity index (χ4n) is 2.33. The highest BCUT2D eigenvalue weighted by atomic mass is 16.6. The monoisotopic (exact) mass is 266 g/mol. The van der Waals surface area contributed by atoms with Gasteiger partial charge in [0.05, 0.1) is 11.1 Å². The lowest BCUT2D eigenvalue weighted by molar-refractivity contribution is -0.384. The average molecular weight is 266 g/mol. The molecule has 7 nitrogen and oxygen atoms in total. The van der Waals surface area contributed by atoms with Gasteiger partial charge in [-0.1, -0.05) is 0 Å². The van der Waals surface area contributed by atoms with E-state index in [1.165, 1.54) is 12.3 Å². The van der Waals surface area contributed by atoms with E-state index in [1.807, 2.05) is 6.92 Å². The van der Waals surface area contributed by atoms with E-state index < -0.39 is 4.92 Å². The second-order valence-corrected chi connectivity index (χ2v) is 4.90. The third-order valence-corrected chi connectivity index (χ3v) is 3.52. The molecule has 0 radical (unpaired) electrons. The van der Waals surface area contributed by atoms with Gasteiger partial charge < -0.3 is 15.6 Å². The van der Waals surface area contributed by atoms with Crippen LogP contribution in [0.25, 0.3) is 0 Å². The molecule has 3 N–H and O–H groups in total. The zero-order valence-electron chi connectivity index (χ0n) is 10.8. The normalized spacial score (nSPS) is 20.8. The number of aromatic nitrogens is 1. The summed E-state index contributed by atoms with van der Waals surface area (Å²) in [6, 6.07) is 1.30. The Labute approximate surface area is 110 Å². The molecule has 0 aromatic carbocycles. The van der Waals surface area contributed by atoms with Crippen LogP contribution in [0, 0.1) is 16.0 Å². The van der Waals surface area contributed by atoms with Crippen LogP contribution < -0.4 is 10.6 Å². The number of hydrogen-bond donors (Lipinski definition) is 3. The Bertz CT molecular complexity index is 465. The van der Waals surface area contributed by atoms with Crippen LogP contribution >= 0.6 is 0 Å². The number of carbonyl (C=O) groups excluding carboxylic acids is 1. The average Bonchev–Trinajstić information content (AvgIpc) is 2.89. The van der Waals surface area contributed by atoms with Gasteiger partial charge in [0.25, 0.3) is 11.6 Å². The van der Waals surface area contributed by atoms with E-state index in [-0.39, 0.29) is 23.3 Å². The van der Waals surface area contributed by atoms with E-state index in [0.717, 1.165) is 25.9 Å². The first-order chi connectivity index (χ1) is 9.08. The van der Waals surface area contributed by atoms with Gasteiger partial charge in [-0.25, -0.2) is 0 Å². The van der Waals surface area contributed by atoms with Gasteiger partial charge in [0.1, 0.15) is 5.69 Å². The SMILES string of the molecule is CC(NC(=O)c1cc([N+](=O)[O-])c[nH]1)C1CCCNC1. The lowest BCUT2D eigenvalue weighted by Gasteiger charge is -2.28. The molecule has 1 aromatic rings. The molecule has 1 aliphatic rings. The second kappa shape index (κ2) is 5.83. The number of nitrogens with zero attached hydrogens (tertiary/aromatic N) is 1. The van der Waals surface area contributed by atoms with Gasteiger partial charge in [-0.15, -0.1) is 0 Å². The van der Waals surface area contributed by atoms with Crippen LogP contribution in [-0.2, 0) is 0 Å². The summed E-state index contributed by atoms with van der Waals surface area (Å²) in [6.45, 7) is 3.89. The van der Waals surface area contributed by atoms with Crippen molar-refractivity contribution in [3.05, 3.63) is 28.1 Å². The van der Waals surface area contributed by atoms with Crippen molar-refractivity contribution in [1.29, 1.82) is 0 Å². The Balaban J connectivity index is 1.93. The van der Waals surface area contributed by atoms with Crippen molar-refractivity contribution in [2.24, 2.45) is 5.92 Å². The van der Waals surface area contributed by atoms with Crippen LogP contribution in [0.2, 0.25) is 0 Å². The summed E-state index contributed by atoms with van der Waals surface area (Å²) in [7, 11) is 0. The number of rotatable bonds is 4. The number of nitro groups is 1. The van der Waals surface area contributed by atoms with E-state index in [1.54, 1.807) is 0 Å². The van der Waals surface area contributed by atoms with E-state index >= 15 is 0 Å². The van der Waals surface area contributed by atoms with Crippen molar-refractivity contribution in [1.82, 2.24) is 15.6 Å². The topological polar surface area (TPSA) is 100 Å². The summed E-state index contributed by atoms with van der Waals surface area (Å²) in [6.07, 6.45) is 3.42. The first-order valence-electron chi connectivity index (χ1n) is 6.42. The minimum absolute atomic E-state index is 0.0441. The van der Waals surface area contributed by atoms with Crippen LogP contribution in [0.3, 0.4) is 0 Å². The molecule has 2 unspecified atom stereocenters. The Hall–Kier alpha value is -1.89. The Morgan fingerprint density at radius 1 is 1.63 bits per heavy atom. The number of aromatic amines is 1. The van der Waals surface area contributed by atoms with E-state index in [0.29, 0.717) is 5.92 Å². The zero-order valence-corrected chi connectivity index (χ0v) is 10.8. The number of amides is 1. The third-order valence-electron chi connectivity index (χ3n) is 3.52. The van der Waals surface area contributed by atoms with Gasteiger partial charge in [0.15, 0.2) is 0 Å². The van der Waals surface area contributed by atoms with Crippen molar-refractivity contribution in [3.63, 3.8) is 0 Å². The van der Waals surface area contributed by atoms with Gasteiger partial charge in [-0.05, 0) is 38.8 Å². The third kappa shape index (κ3) is 3.31. The molecule has 0 aliphatic carbocycles. The fraction of sp³-hybridized carbons (Fsp3) is 0.583. The maximum Gasteiger partial charge on any atom is 0.287 e. The van der Waals surface area contributed by atoms with Gasteiger partial charge in [0, 0.05) is 12.1 Å². The summed E-state index contributed by atoms with van der Waals surface area (Å²) in [4.78, 5) is 24.6. The molecule has 1 saturated heterocycles. The molecule has 2 rings (SSSR count). The minimum atomic E-state index is -0.526. The van der Waals surface area contributed by atoms with Crippen LogP contribution in [-0.4, -0.2) is 34.9 Å². The number of carbonyl (C=O) groups is 1. The van der Waals surface area contributed by atoms with Crippen molar-refractivity contribution in [3.8, 4) is 0 Å². The van der Waals surface area contributed by atoms with Crippen molar-refractivity contribution >= 4 is 11.6 Å². The minimum Gasteiger partial charge on any atom is -0.351 e.